The number of aryl methyl sites for hydroxylation is 2. The van der Waals surface area contributed by atoms with Crippen LogP contribution in [0.5, 0.6) is 23.0 Å². The first-order chi connectivity index (χ1) is 31.8. The van der Waals surface area contributed by atoms with Gasteiger partial charge in [0.15, 0.2) is 0 Å². The number of hydrogen-bond acceptors (Lipinski definition) is 2. The van der Waals surface area contributed by atoms with Crippen LogP contribution in [0.4, 0.5) is 8.78 Å². The van der Waals surface area contributed by atoms with E-state index in [1.54, 1.807) is 12.1 Å². The molecule has 0 aromatic heterocycles. The molecule has 72 heavy (non-hydrogen) atoms. The third-order valence-corrected chi connectivity index (χ3v) is 27.2. The summed E-state index contributed by atoms with van der Waals surface area (Å²) in [6.07, 6.45) is 0. The van der Waals surface area contributed by atoms with Crippen LogP contribution in [0.1, 0.15) is 144 Å². The molecule has 0 fully saturated rings. The van der Waals surface area contributed by atoms with E-state index in [9.17, 15) is 10.2 Å². The van der Waals surface area contributed by atoms with Crippen LogP contribution >= 0.6 is 0 Å². The quantitative estimate of drug-likeness (QED) is 0.0728. The number of aliphatic hydroxyl groups is 2. The number of aromatic hydroxyl groups is 4. The number of phenolic OH excluding ortho intramolecular Hbond substituents is 2. The average molecular weight is 1120 g/mol. The molecular weight excluding hydrogens is 1030 g/mol. The van der Waals surface area contributed by atoms with Crippen LogP contribution in [0.15, 0.2) is 97.1 Å². The minimum absolute atomic E-state index is 0. The number of hydrogen-bond donors (Lipinski definition) is 2. The van der Waals surface area contributed by atoms with E-state index in [-0.39, 0.29) is 94.8 Å². The topological polar surface area (TPSA) is 66.1 Å². The van der Waals surface area contributed by atoms with E-state index < -0.39 is 24.9 Å². The van der Waals surface area contributed by atoms with Crippen LogP contribution in [0.3, 0.4) is 0 Å². The van der Waals surface area contributed by atoms with Gasteiger partial charge in [-0.25, -0.2) is 0 Å². The monoisotopic (exact) mass is 1120 g/mol. The molecule has 0 saturated carbocycles. The Kier molecular flexibility index (Phi) is 20.0. The summed E-state index contributed by atoms with van der Waals surface area (Å²) in [5, 5.41) is 24.5. The third-order valence-electron chi connectivity index (χ3n) is 14.4. The molecule has 6 aromatic carbocycles. The van der Waals surface area contributed by atoms with E-state index in [1.807, 2.05) is 50.2 Å². The van der Waals surface area contributed by atoms with Gasteiger partial charge >= 0.3 is 418 Å². The Morgan fingerprint density at radius 1 is 0.458 bits per heavy atom. The summed E-state index contributed by atoms with van der Waals surface area (Å²) in [4.78, 5) is 0. The molecule has 0 aliphatic heterocycles. The molecular formula is C64H86F2GeO4Zr. The first kappa shape index (κ1) is 62.1. The normalized spacial score (nSPS) is 12.3. The zero-order chi connectivity index (χ0) is 51.3. The fourth-order valence-electron chi connectivity index (χ4n) is 9.41. The molecule has 8 heteroatoms. The largest absolute Gasteiger partial charge is 0.358 e. The molecule has 388 valence electrons. The zero-order valence-corrected chi connectivity index (χ0v) is 51.9. The van der Waals surface area contributed by atoms with E-state index in [2.05, 4.69) is 147 Å². The summed E-state index contributed by atoms with van der Waals surface area (Å²) < 4.78 is 44.1. The fourth-order valence-corrected chi connectivity index (χ4v) is 17.4. The first-order valence-electron chi connectivity index (χ1n) is 24.8. The van der Waals surface area contributed by atoms with E-state index in [0.717, 1.165) is 44.5 Å². The van der Waals surface area contributed by atoms with Gasteiger partial charge in [-0.15, -0.1) is 0 Å². The smallest absolute Gasteiger partial charge is 0 e. The predicted octanol–water partition coefficient (Wildman–Crippen LogP) is 18.3. The van der Waals surface area contributed by atoms with Crippen molar-refractivity contribution in [3.8, 4) is 67.5 Å². The Morgan fingerprint density at radius 2 is 0.736 bits per heavy atom. The average Bonchev–Trinajstić information content (AvgIpc) is 3.23. The van der Waals surface area contributed by atoms with Crippen molar-refractivity contribution in [1.29, 1.82) is 0 Å². The van der Waals surface area contributed by atoms with Crippen molar-refractivity contribution in [3.05, 3.63) is 157 Å². The maximum absolute atomic E-state index is 16.5. The van der Waals surface area contributed by atoms with Crippen molar-refractivity contribution < 1.29 is 54.7 Å². The van der Waals surface area contributed by atoms with Gasteiger partial charge in [-0.05, 0) is 0 Å². The van der Waals surface area contributed by atoms with Crippen molar-refractivity contribution in [2.45, 2.75) is 156 Å². The molecule has 4 nitrogen and oxygen atoms in total. The van der Waals surface area contributed by atoms with Gasteiger partial charge in [0.05, 0.1) is 0 Å². The van der Waals surface area contributed by atoms with Crippen LogP contribution in [0, 0.1) is 40.3 Å². The first-order valence-corrected chi connectivity index (χ1v) is 30.2. The summed E-state index contributed by atoms with van der Waals surface area (Å²) in [6.45, 7) is 39.2. The summed E-state index contributed by atoms with van der Waals surface area (Å²) >= 11 is -3.28. The van der Waals surface area contributed by atoms with Crippen LogP contribution in [0.25, 0.3) is 44.5 Å². The molecule has 0 aliphatic carbocycles. The van der Waals surface area contributed by atoms with E-state index in [4.69, 9.17) is 9.47 Å². The Morgan fingerprint density at radius 3 is 1.00 bits per heavy atom. The molecule has 0 atom stereocenters. The maximum atomic E-state index is 16.5. The SMILES string of the molecule is Cc1cc(-c2cc(C(C)(C)C)cc(C(C)(C)C)c2)c(O)c(-c2c(F)cccc2[OH+][CH2][Ge]([CH2][OH+]c2cccc(F)c2-c2cc(C)cc(-c3cc(C(C)(C)C)cc(C(C)(C)C)c3)c2O)([CH](C)C)[CH](C)C)c1.[CH3-].[CH3-].[Zr]. The van der Waals surface area contributed by atoms with Crippen LogP contribution in [-0.2, 0) is 47.9 Å². The Bertz CT molecular complexity index is 2590. The Balaban J connectivity index is 0.00000456. The molecule has 6 rings (SSSR count). The summed E-state index contributed by atoms with van der Waals surface area (Å²) in [5.74, 6) is 0.0693. The van der Waals surface area contributed by atoms with Crippen molar-refractivity contribution in [1.82, 2.24) is 0 Å². The molecule has 0 bridgehead atoms. The van der Waals surface area contributed by atoms with Crippen LogP contribution < -0.4 is 0 Å². The predicted molar refractivity (Wildman–Crippen MR) is 304 cm³/mol. The maximum Gasteiger partial charge on any atom is 0 e. The van der Waals surface area contributed by atoms with Crippen molar-refractivity contribution >= 4 is 13.3 Å². The standard InChI is InChI=1S/C62H78F2GeO4.2CH3.Zr/c1-37(2)65(38(3)4,35-68-53-23-19-21-51(63)55(53)49-27-39(5)25-47(57(49)66)41-29-43(59(7,8)9)33-44(30-41)60(10,11)12)36-69-54-24-20-22-52(64)56(54)50-28-40(6)26-48(58(50)67)42-31-45(61(13,14)15)34-46(32-42)62(16,17)18;;;/h19-34,37-38,66-67H,35-36H2,1-18H3;2*1H3;/q;2*-1;/p+2. The molecule has 0 radical (unpaired) electrons. The van der Waals surface area contributed by atoms with Crippen molar-refractivity contribution in [2.24, 2.45) is 0 Å². The Hall–Kier alpha value is -4.19. The molecule has 0 saturated heterocycles. The number of phenols is 2. The van der Waals surface area contributed by atoms with Crippen LogP contribution in [-0.4, -0.2) is 43.8 Å². The van der Waals surface area contributed by atoms with E-state index >= 15 is 8.78 Å². The van der Waals surface area contributed by atoms with Gasteiger partial charge in [-0.2, -0.15) is 0 Å². The van der Waals surface area contributed by atoms with Gasteiger partial charge in [0, 0.05) is 26.2 Å². The molecule has 0 spiro atoms. The van der Waals surface area contributed by atoms with Crippen molar-refractivity contribution in [2.75, 3.05) is 10.9 Å². The molecule has 0 unspecified atom stereocenters. The minimum Gasteiger partial charge on any atom is -0.358 e. The molecule has 0 amide bonds. The number of rotatable bonds is 12. The molecule has 6 aromatic rings. The number of ether oxygens (including phenoxy) is 2. The second-order valence-corrected chi connectivity index (χ2v) is 35.8. The van der Waals surface area contributed by atoms with Gasteiger partial charge < -0.3 is 14.9 Å². The summed E-state index contributed by atoms with van der Waals surface area (Å²) in [6, 6.07) is 30.7. The summed E-state index contributed by atoms with van der Waals surface area (Å²) in [5.41, 5.74) is 11.2. The third kappa shape index (κ3) is 13.4. The molecule has 0 aliphatic rings. The number of benzene rings is 6. The van der Waals surface area contributed by atoms with Gasteiger partial charge in [0.1, 0.15) is 0 Å². The molecule has 0 heterocycles. The van der Waals surface area contributed by atoms with E-state index in [0.29, 0.717) is 44.6 Å². The van der Waals surface area contributed by atoms with Gasteiger partial charge in [0.2, 0.25) is 0 Å². The fraction of sp³-hybridized carbons (Fsp3) is 0.406. The second-order valence-electron chi connectivity index (χ2n) is 24.5. The van der Waals surface area contributed by atoms with Crippen LogP contribution in [0.2, 0.25) is 9.50 Å². The van der Waals surface area contributed by atoms with Gasteiger partial charge in [-0.1, -0.05) is 0 Å². The van der Waals surface area contributed by atoms with Gasteiger partial charge in [-0.3, -0.25) is 0 Å². The van der Waals surface area contributed by atoms with Crippen molar-refractivity contribution in [3.63, 3.8) is 0 Å². The zero-order valence-electron chi connectivity index (χ0n) is 47.4. The van der Waals surface area contributed by atoms with E-state index in [1.165, 1.54) is 12.1 Å². The van der Waals surface area contributed by atoms with Gasteiger partial charge in [0.25, 0.3) is 0 Å². The second kappa shape index (κ2) is 23.1. The Labute approximate surface area is 455 Å². The molecule has 4 N–H and O–H groups in total. The minimum atomic E-state index is -3.28. The number of halogens is 2. The summed E-state index contributed by atoms with van der Waals surface area (Å²) in [7, 11) is 0.